The second-order valence-corrected chi connectivity index (χ2v) is 6.14. The number of halogens is 4. The summed E-state index contributed by atoms with van der Waals surface area (Å²) < 4.78 is 29.9. The summed E-state index contributed by atoms with van der Waals surface area (Å²) in [7, 11) is 0. The fourth-order valence-corrected chi connectivity index (χ4v) is 3.37. The largest absolute Gasteiger partial charge is 0.431 e. The molecule has 1 unspecified atom stereocenters. The van der Waals surface area contributed by atoms with Gasteiger partial charge in [-0.05, 0) is 57.4 Å². The van der Waals surface area contributed by atoms with E-state index < -0.39 is 6.61 Å². The van der Waals surface area contributed by atoms with Gasteiger partial charge in [0.25, 0.3) is 0 Å². The minimum absolute atomic E-state index is 0.0477. The van der Waals surface area contributed by atoms with Gasteiger partial charge in [-0.3, -0.25) is 0 Å². The van der Waals surface area contributed by atoms with Crippen molar-refractivity contribution < 1.29 is 13.5 Å². The Labute approximate surface area is 132 Å². The number of benzene rings is 1. The lowest BCUT2D eigenvalue weighted by Gasteiger charge is -2.19. The fourth-order valence-electron chi connectivity index (χ4n) is 1.71. The SMILES string of the molecule is CC(Nc1cc(Cl)cc(Br)c1OC(F)F)c1ccsc1. The molecule has 7 heteroatoms. The molecule has 0 bridgehead atoms. The van der Waals surface area contributed by atoms with Gasteiger partial charge in [-0.1, -0.05) is 11.6 Å². The Morgan fingerprint density at radius 2 is 2.15 bits per heavy atom. The van der Waals surface area contributed by atoms with Gasteiger partial charge in [0.1, 0.15) is 0 Å². The van der Waals surface area contributed by atoms with Crippen molar-refractivity contribution in [1.29, 1.82) is 0 Å². The van der Waals surface area contributed by atoms with Crippen molar-refractivity contribution in [2.75, 3.05) is 5.32 Å². The molecule has 20 heavy (non-hydrogen) atoms. The average molecular weight is 383 g/mol. The van der Waals surface area contributed by atoms with E-state index in [-0.39, 0.29) is 11.8 Å². The summed E-state index contributed by atoms with van der Waals surface area (Å²) in [6.45, 7) is -0.965. The monoisotopic (exact) mass is 381 g/mol. The summed E-state index contributed by atoms with van der Waals surface area (Å²) in [4.78, 5) is 0. The number of rotatable bonds is 5. The summed E-state index contributed by atoms with van der Waals surface area (Å²) in [6.07, 6.45) is 0. The topological polar surface area (TPSA) is 21.3 Å². The minimum atomic E-state index is -2.90. The molecule has 2 nitrogen and oxygen atoms in total. The first-order valence-electron chi connectivity index (χ1n) is 5.70. The number of hydrogen-bond donors (Lipinski definition) is 1. The summed E-state index contributed by atoms with van der Waals surface area (Å²) >= 11 is 10.7. The van der Waals surface area contributed by atoms with Gasteiger partial charge >= 0.3 is 6.61 Å². The van der Waals surface area contributed by atoms with Crippen LogP contribution < -0.4 is 10.1 Å². The van der Waals surface area contributed by atoms with E-state index in [2.05, 4.69) is 26.0 Å². The fraction of sp³-hybridized carbons (Fsp3) is 0.231. The maximum atomic E-state index is 12.5. The van der Waals surface area contributed by atoms with E-state index in [0.717, 1.165) is 5.56 Å². The van der Waals surface area contributed by atoms with Crippen molar-refractivity contribution in [3.8, 4) is 5.75 Å². The molecule has 2 rings (SSSR count). The first-order chi connectivity index (χ1) is 9.47. The normalized spacial score (nSPS) is 12.5. The van der Waals surface area contributed by atoms with E-state index in [0.29, 0.717) is 15.2 Å². The highest BCUT2D eigenvalue weighted by atomic mass is 79.9. The Kier molecular flexibility index (Phi) is 5.23. The van der Waals surface area contributed by atoms with Crippen LogP contribution in [0.5, 0.6) is 5.75 Å². The molecule has 0 aliphatic rings. The van der Waals surface area contributed by atoms with Gasteiger partial charge in [-0.25, -0.2) is 0 Å². The van der Waals surface area contributed by atoms with Gasteiger partial charge in [-0.2, -0.15) is 20.1 Å². The van der Waals surface area contributed by atoms with Crippen LogP contribution in [0.15, 0.2) is 33.4 Å². The van der Waals surface area contributed by atoms with E-state index in [1.54, 1.807) is 17.4 Å². The van der Waals surface area contributed by atoms with E-state index in [4.69, 9.17) is 11.6 Å². The van der Waals surface area contributed by atoms with Crippen LogP contribution in [0.4, 0.5) is 14.5 Å². The Morgan fingerprint density at radius 3 is 2.75 bits per heavy atom. The molecule has 2 aromatic rings. The number of thiophene rings is 1. The van der Waals surface area contributed by atoms with Crippen LogP contribution in [0.2, 0.25) is 5.02 Å². The van der Waals surface area contributed by atoms with Gasteiger partial charge < -0.3 is 10.1 Å². The molecular formula is C13H11BrClF2NOS. The third-order valence-electron chi connectivity index (χ3n) is 2.63. The number of ether oxygens (including phenoxy) is 1. The maximum absolute atomic E-state index is 12.5. The van der Waals surface area contributed by atoms with Crippen molar-refractivity contribution in [2.24, 2.45) is 0 Å². The molecule has 0 saturated heterocycles. The highest BCUT2D eigenvalue weighted by Gasteiger charge is 2.17. The minimum Gasteiger partial charge on any atom is -0.431 e. The molecule has 0 spiro atoms. The molecule has 1 atom stereocenters. The van der Waals surface area contributed by atoms with Crippen LogP contribution in [-0.4, -0.2) is 6.61 Å². The van der Waals surface area contributed by atoms with E-state index in [9.17, 15) is 8.78 Å². The van der Waals surface area contributed by atoms with Crippen LogP contribution >= 0.6 is 38.9 Å². The Bertz CT molecular complexity index is 580. The first-order valence-corrected chi connectivity index (χ1v) is 7.81. The summed E-state index contributed by atoms with van der Waals surface area (Å²) in [6, 6.07) is 4.99. The molecule has 108 valence electrons. The number of alkyl halides is 2. The molecule has 0 aliphatic carbocycles. The lowest BCUT2D eigenvalue weighted by Crippen LogP contribution is -2.10. The zero-order valence-electron chi connectivity index (χ0n) is 10.4. The predicted molar refractivity (Wildman–Crippen MR) is 82.1 cm³/mol. The molecule has 1 heterocycles. The van der Waals surface area contributed by atoms with Crippen LogP contribution in [0, 0.1) is 0 Å². The molecule has 1 aromatic heterocycles. The smallest absolute Gasteiger partial charge is 0.387 e. The average Bonchev–Trinajstić information content (AvgIpc) is 2.87. The van der Waals surface area contributed by atoms with Gasteiger partial charge in [0.05, 0.1) is 10.2 Å². The summed E-state index contributed by atoms with van der Waals surface area (Å²) in [5.74, 6) is 0.0477. The number of hydrogen-bond acceptors (Lipinski definition) is 3. The van der Waals surface area contributed by atoms with Gasteiger partial charge in [-0.15, -0.1) is 0 Å². The van der Waals surface area contributed by atoms with E-state index in [1.807, 2.05) is 23.8 Å². The van der Waals surface area contributed by atoms with Gasteiger partial charge in [0.2, 0.25) is 0 Å². The zero-order valence-corrected chi connectivity index (χ0v) is 13.5. The van der Waals surface area contributed by atoms with Gasteiger partial charge in [0.15, 0.2) is 5.75 Å². The van der Waals surface area contributed by atoms with Crippen LogP contribution in [0.1, 0.15) is 18.5 Å². The Hall–Kier alpha value is -0.850. The third-order valence-corrected chi connectivity index (χ3v) is 4.14. The van der Waals surface area contributed by atoms with E-state index >= 15 is 0 Å². The maximum Gasteiger partial charge on any atom is 0.387 e. The second-order valence-electron chi connectivity index (χ2n) is 4.07. The zero-order chi connectivity index (χ0) is 14.7. The molecule has 1 N–H and O–H groups in total. The highest BCUT2D eigenvalue weighted by molar-refractivity contribution is 9.10. The standard InChI is InChI=1S/C13H11BrClF2NOS/c1-7(8-2-3-20-6-8)18-11-5-9(15)4-10(14)12(11)19-13(16)17/h2-7,13,18H,1H3. The van der Waals surface area contributed by atoms with Crippen LogP contribution in [0.25, 0.3) is 0 Å². The van der Waals surface area contributed by atoms with Gasteiger partial charge in [0, 0.05) is 11.1 Å². The molecule has 0 aliphatic heterocycles. The van der Waals surface area contributed by atoms with Crippen LogP contribution in [0.3, 0.4) is 0 Å². The number of anilines is 1. The molecule has 0 amide bonds. The highest BCUT2D eigenvalue weighted by Crippen LogP contribution is 2.39. The summed E-state index contributed by atoms with van der Waals surface area (Å²) in [5, 5.41) is 7.51. The first kappa shape index (κ1) is 15.5. The number of nitrogens with one attached hydrogen (secondary N) is 1. The van der Waals surface area contributed by atoms with Crippen molar-refractivity contribution in [1.82, 2.24) is 0 Å². The summed E-state index contributed by atoms with van der Waals surface area (Å²) in [5.41, 5.74) is 1.48. The molecule has 0 fully saturated rings. The molecule has 0 radical (unpaired) electrons. The van der Waals surface area contributed by atoms with Crippen molar-refractivity contribution in [3.05, 3.63) is 44.0 Å². The lowest BCUT2D eigenvalue weighted by molar-refractivity contribution is -0.0498. The van der Waals surface area contributed by atoms with Crippen molar-refractivity contribution in [2.45, 2.75) is 19.6 Å². The molecule has 0 saturated carbocycles. The molecular weight excluding hydrogens is 372 g/mol. The lowest BCUT2D eigenvalue weighted by atomic mass is 10.1. The van der Waals surface area contributed by atoms with Crippen LogP contribution in [-0.2, 0) is 0 Å². The quantitative estimate of drug-likeness (QED) is 0.691. The Balaban J connectivity index is 2.29. The second kappa shape index (κ2) is 6.74. The third kappa shape index (κ3) is 3.84. The van der Waals surface area contributed by atoms with Crippen molar-refractivity contribution in [3.63, 3.8) is 0 Å². The predicted octanol–water partition coefficient (Wildman–Crippen LogP) is 5.94. The molecule has 1 aromatic carbocycles. The van der Waals surface area contributed by atoms with E-state index in [1.165, 1.54) is 6.07 Å². The van der Waals surface area contributed by atoms with Crippen molar-refractivity contribution >= 4 is 44.6 Å². The Morgan fingerprint density at radius 1 is 1.40 bits per heavy atom.